The van der Waals surface area contributed by atoms with Crippen molar-refractivity contribution in [3.05, 3.63) is 121 Å². The molecule has 1 aliphatic rings. The first-order valence-corrected chi connectivity index (χ1v) is 12.9. The lowest BCUT2D eigenvalue weighted by atomic mass is 9.93. The molecule has 4 aromatic rings. The van der Waals surface area contributed by atoms with Gasteiger partial charge in [0.2, 0.25) is 0 Å². The van der Waals surface area contributed by atoms with Gasteiger partial charge in [-0.1, -0.05) is 65.9 Å². The van der Waals surface area contributed by atoms with Crippen LogP contribution in [0.2, 0.25) is 0 Å². The molecule has 38 heavy (non-hydrogen) atoms. The van der Waals surface area contributed by atoms with Gasteiger partial charge in [-0.05, 0) is 48.4 Å². The minimum Gasteiger partial charge on any atom is -0.497 e. The van der Waals surface area contributed by atoms with E-state index in [-0.39, 0.29) is 12.2 Å². The molecule has 1 aromatic heterocycles. The summed E-state index contributed by atoms with van der Waals surface area (Å²) in [5.41, 5.74) is 2.93. The minimum atomic E-state index is -0.732. The second kappa shape index (κ2) is 10.9. The van der Waals surface area contributed by atoms with Gasteiger partial charge >= 0.3 is 5.97 Å². The number of ether oxygens (including phenoxy) is 3. The average molecular weight is 527 g/mol. The van der Waals surface area contributed by atoms with E-state index in [2.05, 4.69) is 0 Å². The molecule has 8 heteroatoms. The Morgan fingerprint density at radius 1 is 0.947 bits per heavy atom. The number of methoxy groups -OCH3 is 2. The molecule has 1 aliphatic heterocycles. The highest BCUT2D eigenvalue weighted by molar-refractivity contribution is 7.07. The lowest BCUT2D eigenvalue weighted by molar-refractivity contribution is -0.138. The van der Waals surface area contributed by atoms with E-state index >= 15 is 0 Å². The molecule has 3 aromatic carbocycles. The predicted molar refractivity (Wildman–Crippen MR) is 147 cm³/mol. The van der Waals surface area contributed by atoms with Crippen molar-refractivity contribution in [3.8, 4) is 11.5 Å². The van der Waals surface area contributed by atoms with Crippen molar-refractivity contribution in [1.82, 2.24) is 4.57 Å². The Balaban J connectivity index is 1.79. The molecule has 0 saturated carbocycles. The first-order valence-electron chi connectivity index (χ1n) is 12.1. The van der Waals surface area contributed by atoms with Crippen molar-refractivity contribution in [3.63, 3.8) is 0 Å². The highest BCUT2D eigenvalue weighted by atomic mass is 32.1. The van der Waals surface area contributed by atoms with Crippen LogP contribution < -0.4 is 24.4 Å². The van der Waals surface area contributed by atoms with Gasteiger partial charge in [0.05, 0.1) is 42.7 Å². The Bertz CT molecular complexity index is 1670. The summed E-state index contributed by atoms with van der Waals surface area (Å²) < 4.78 is 18.2. The molecule has 0 fully saturated rings. The third kappa shape index (κ3) is 4.78. The molecular formula is C30H26N2O5S. The summed E-state index contributed by atoms with van der Waals surface area (Å²) in [7, 11) is 3.20. The fourth-order valence-electron chi connectivity index (χ4n) is 4.39. The smallest absolute Gasteiger partial charge is 0.338 e. The van der Waals surface area contributed by atoms with Gasteiger partial charge in [-0.15, -0.1) is 0 Å². The summed E-state index contributed by atoms with van der Waals surface area (Å²) >= 11 is 1.28. The average Bonchev–Trinajstić information content (AvgIpc) is 3.27. The van der Waals surface area contributed by atoms with E-state index in [0.717, 1.165) is 22.4 Å². The first kappa shape index (κ1) is 25.2. The summed E-state index contributed by atoms with van der Waals surface area (Å²) in [5, 5.41) is 0. The molecule has 0 N–H and O–H groups in total. The summed E-state index contributed by atoms with van der Waals surface area (Å²) in [6.45, 7) is 1.95. The van der Waals surface area contributed by atoms with Gasteiger partial charge in [-0.3, -0.25) is 9.36 Å². The second-order valence-electron chi connectivity index (χ2n) is 8.48. The maximum absolute atomic E-state index is 13.9. The zero-order chi connectivity index (χ0) is 26.6. The van der Waals surface area contributed by atoms with Crippen molar-refractivity contribution in [2.45, 2.75) is 13.0 Å². The van der Waals surface area contributed by atoms with Crippen LogP contribution in [0.1, 0.15) is 29.7 Å². The molecule has 2 heterocycles. The number of hydrogen-bond donors (Lipinski definition) is 0. The third-order valence-electron chi connectivity index (χ3n) is 6.22. The largest absolute Gasteiger partial charge is 0.497 e. The van der Waals surface area contributed by atoms with Crippen LogP contribution in [0.4, 0.5) is 0 Å². The van der Waals surface area contributed by atoms with E-state index in [9.17, 15) is 9.59 Å². The van der Waals surface area contributed by atoms with Gasteiger partial charge in [0.1, 0.15) is 11.5 Å². The van der Waals surface area contributed by atoms with Gasteiger partial charge in [-0.25, -0.2) is 9.79 Å². The number of aromatic nitrogens is 1. The quantitative estimate of drug-likeness (QED) is 0.341. The van der Waals surface area contributed by atoms with Crippen LogP contribution in [0.3, 0.4) is 0 Å². The number of hydrogen-bond acceptors (Lipinski definition) is 7. The van der Waals surface area contributed by atoms with E-state index in [4.69, 9.17) is 19.2 Å². The predicted octanol–water partition coefficient (Wildman–Crippen LogP) is 3.95. The number of carbonyl (C=O) groups excluding carboxylic acids is 1. The van der Waals surface area contributed by atoms with Crippen molar-refractivity contribution in [1.29, 1.82) is 0 Å². The van der Waals surface area contributed by atoms with Crippen molar-refractivity contribution in [2.75, 3.05) is 20.8 Å². The number of benzene rings is 3. The summed E-state index contributed by atoms with van der Waals surface area (Å²) in [5.74, 6) is 0.890. The number of esters is 1. The van der Waals surface area contributed by atoms with Crippen LogP contribution in [0.15, 0.2) is 94.2 Å². The Hall–Kier alpha value is -4.43. The molecule has 5 rings (SSSR count). The maximum Gasteiger partial charge on any atom is 0.338 e. The third-order valence-corrected chi connectivity index (χ3v) is 7.20. The number of thiazole rings is 1. The van der Waals surface area contributed by atoms with Gasteiger partial charge in [0.15, 0.2) is 4.80 Å². The maximum atomic E-state index is 13.9. The molecular weight excluding hydrogens is 500 g/mol. The van der Waals surface area contributed by atoms with E-state index in [0.29, 0.717) is 26.4 Å². The fourth-order valence-corrected chi connectivity index (χ4v) is 5.39. The Morgan fingerprint density at radius 3 is 2.18 bits per heavy atom. The Kier molecular flexibility index (Phi) is 7.24. The molecule has 0 spiro atoms. The zero-order valence-electron chi connectivity index (χ0n) is 21.2. The molecule has 0 unspecified atom stereocenters. The molecule has 0 saturated heterocycles. The number of rotatable bonds is 7. The Morgan fingerprint density at radius 2 is 1.58 bits per heavy atom. The van der Waals surface area contributed by atoms with Crippen molar-refractivity contribution in [2.24, 2.45) is 4.99 Å². The Labute approximate surface area is 223 Å². The van der Waals surface area contributed by atoms with Gasteiger partial charge in [0, 0.05) is 5.56 Å². The molecule has 0 bridgehead atoms. The molecule has 0 amide bonds. The standard InChI is InChI=1S/C30H26N2O5S/c1-4-37-29(34)25-26(20-8-6-5-7-9-20)31-30-32(27(25)21-12-16-23(36-3)17-13-21)28(33)24(38-30)18-19-10-14-22(35-2)15-11-19/h5-18,27H,4H2,1-3H3/b24-18-/t27-/m0/s1. The van der Waals surface area contributed by atoms with Gasteiger partial charge < -0.3 is 14.2 Å². The van der Waals surface area contributed by atoms with Crippen molar-refractivity contribution < 1.29 is 19.0 Å². The highest BCUT2D eigenvalue weighted by Gasteiger charge is 2.35. The van der Waals surface area contributed by atoms with E-state index in [1.165, 1.54) is 11.3 Å². The topological polar surface area (TPSA) is 79.1 Å². The zero-order valence-corrected chi connectivity index (χ0v) is 22.0. The van der Waals surface area contributed by atoms with Crippen LogP contribution >= 0.6 is 11.3 Å². The van der Waals surface area contributed by atoms with Crippen LogP contribution in [0.5, 0.6) is 11.5 Å². The van der Waals surface area contributed by atoms with Gasteiger partial charge in [0.25, 0.3) is 5.56 Å². The normalized spacial score (nSPS) is 15.0. The second-order valence-corrected chi connectivity index (χ2v) is 9.49. The minimum absolute atomic E-state index is 0.196. The summed E-state index contributed by atoms with van der Waals surface area (Å²) in [4.78, 5) is 32.7. The monoisotopic (exact) mass is 526 g/mol. The number of fused-ring (bicyclic) bond motifs is 1. The lowest BCUT2D eigenvalue weighted by Crippen LogP contribution is -2.40. The number of carbonyl (C=O) groups is 1. The molecule has 0 aliphatic carbocycles. The van der Waals surface area contributed by atoms with Crippen molar-refractivity contribution >= 4 is 29.1 Å². The number of nitrogens with zero attached hydrogens (tertiary/aromatic N) is 2. The van der Waals surface area contributed by atoms with Gasteiger partial charge in [-0.2, -0.15) is 0 Å². The summed E-state index contributed by atoms with van der Waals surface area (Å²) in [6.07, 6.45) is 1.82. The first-order chi connectivity index (χ1) is 18.5. The van der Waals surface area contributed by atoms with E-state index in [1.807, 2.05) is 84.9 Å². The summed E-state index contributed by atoms with van der Waals surface area (Å²) in [6, 6.07) is 23.6. The molecule has 0 radical (unpaired) electrons. The lowest BCUT2D eigenvalue weighted by Gasteiger charge is -2.26. The molecule has 7 nitrogen and oxygen atoms in total. The fraction of sp³-hybridized carbons (Fsp3) is 0.167. The van der Waals surface area contributed by atoms with Crippen LogP contribution in [0.25, 0.3) is 11.8 Å². The highest BCUT2D eigenvalue weighted by Crippen LogP contribution is 2.35. The van der Waals surface area contributed by atoms with E-state index < -0.39 is 12.0 Å². The SMILES string of the molecule is CCOC(=O)C1=C(c2ccccc2)N=c2s/c(=C\c3ccc(OC)cc3)c(=O)n2[C@H]1c1ccc(OC)cc1. The van der Waals surface area contributed by atoms with Crippen LogP contribution in [-0.4, -0.2) is 31.4 Å². The van der Waals surface area contributed by atoms with E-state index in [1.54, 1.807) is 25.7 Å². The molecule has 1 atom stereocenters. The van der Waals surface area contributed by atoms with Crippen LogP contribution in [-0.2, 0) is 9.53 Å². The van der Waals surface area contributed by atoms with Crippen LogP contribution in [0, 0.1) is 0 Å². The molecule has 192 valence electrons.